The Morgan fingerprint density at radius 3 is 2.60 bits per heavy atom. The van der Waals surface area contributed by atoms with Gasteiger partial charge in [0.15, 0.2) is 11.5 Å². The lowest BCUT2D eigenvalue weighted by Gasteiger charge is -2.22. The van der Waals surface area contributed by atoms with Crippen molar-refractivity contribution in [1.29, 1.82) is 0 Å². The van der Waals surface area contributed by atoms with Crippen LogP contribution in [0, 0.1) is 0 Å². The van der Waals surface area contributed by atoms with Gasteiger partial charge in [0, 0.05) is 11.6 Å². The lowest BCUT2D eigenvalue weighted by atomic mass is 10.1. The molecule has 0 saturated carbocycles. The van der Waals surface area contributed by atoms with Crippen molar-refractivity contribution in [2.75, 3.05) is 19.9 Å². The summed E-state index contributed by atoms with van der Waals surface area (Å²) in [7, 11) is -4.13. The number of rotatable bonds is 9. The highest BCUT2D eigenvalue weighted by atomic mass is 35.5. The average molecular weight is 534 g/mol. The first-order valence-corrected chi connectivity index (χ1v) is 12.7. The van der Waals surface area contributed by atoms with Crippen molar-refractivity contribution in [3.63, 3.8) is 0 Å². The second-order valence-electron chi connectivity index (χ2n) is 7.55. The van der Waals surface area contributed by atoms with Crippen LogP contribution in [0.5, 0.6) is 11.5 Å². The molecule has 0 spiro atoms. The van der Waals surface area contributed by atoms with Gasteiger partial charge in [-0.15, -0.1) is 0 Å². The van der Waals surface area contributed by atoms with E-state index in [0.29, 0.717) is 23.5 Å². The number of halogens is 2. The fraction of sp³-hybridized carbons (Fsp3) is 0.167. The van der Waals surface area contributed by atoms with Crippen LogP contribution in [0.1, 0.15) is 11.1 Å². The summed E-state index contributed by atoms with van der Waals surface area (Å²) in [6.07, 6.45) is 1.82. The fourth-order valence-electron chi connectivity index (χ4n) is 3.36. The third-order valence-corrected chi connectivity index (χ3v) is 7.69. The smallest absolute Gasteiger partial charge is 0.255 e. The Hall–Kier alpha value is -3.11. The Morgan fingerprint density at radius 1 is 1.03 bits per heavy atom. The largest absolute Gasteiger partial charge is 0.454 e. The highest BCUT2D eigenvalue weighted by Crippen LogP contribution is 2.32. The van der Waals surface area contributed by atoms with Crippen molar-refractivity contribution in [1.82, 2.24) is 9.73 Å². The second kappa shape index (κ2) is 11.1. The van der Waals surface area contributed by atoms with Crippen molar-refractivity contribution in [2.45, 2.75) is 11.3 Å². The van der Waals surface area contributed by atoms with Gasteiger partial charge in [-0.3, -0.25) is 4.79 Å². The first-order valence-electron chi connectivity index (χ1n) is 10.5. The van der Waals surface area contributed by atoms with Gasteiger partial charge in [-0.2, -0.15) is 9.41 Å². The summed E-state index contributed by atoms with van der Waals surface area (Å²) in [6, 6.07) is 18.7. The van der Waals surface area contributed by atoms with Crippen LogP contribution in [0.15, 0.2) is 76.7 Å². The number of amides is 1. The van der Waals surface area contributed by atoms with E-state index in [-0.39, 0.29) is 28.3 Å². The quantitative estimate of drug-likeness (QED) is 0.329. The van der Waals surface area contributed by atoms with E-state index >= 15 is 0 Å². The summed E-state index contributed by atoms with van der Waals surface area (Å²) < 4.78 is 38.4. The molecule has 1 N–H and O–H groups in total. The van der Waals surface area contributed by atoms with Crippen molar-refractivity contribution >= 4 is 45.3 Å². The molecule has 0 atom stereocenters. The topological polar surface area (TPSA) is 97.3 Å². The maximum absolute atomic E-state index is 13.4. The van der Waals surface area contributed by atoms with E-state index in [9.17, 15) is 13.2 Å². The molecule has 35 heavy (non-hydrogen) atoms. The Morgan fingerprint density at radius 2 is 1.80 bits per heavy atom. The minimum atomic E-state index is -4.13. The van der Waals surface area contributed by atoms with E-state index in [0.717, 1.165) is 9.87 Å². The molecule has 8 nitrogen and oxygen atoms in total. The molecule has 1 heterocycles. The Bertz CT molecular complexity index is 1350. The van der Waals surface area contributed by atoms with Gasteiger partial charge in [0.25, 0.3) is 5.91 Å². The zero-order valence-corrected chi connectivity index (χ0v) is 20.7. The molecule has 4 rings (SSSR count). The Labute approximate surface area is 213 Å². The number of fused-ring (bicyclic) bond motifs is 1. The molecule has 0 aromatic heterocycles. The van der Waals surface area contributed by atoms with Gasteiger partial charge >= 0.3 is 0 Å². The van der Waals surface area contributed by atoms with Gasteiger partial charge in [0.2, 0.25) is 16.8 Å². The van der Waals surface area contributed by atoms with E-state index in [2.05, 4.69) is 10.5 Å². The molecule has 1 aliphatic heterocycles. The number of hydrogen-bond acceptors (Lipinski definition) is 6. The molecule has 0 saturated heterocycles. The van der Waals surface area contributed by atoms with Gasteiger partial charge in [0.1, 0.15) is 4.90 Å². The Balaban J connectivity index is 1.49. The number of hydrogen-bond donors (Lipinski definition) is 1. The number of carbonyl (C=O) groups excluding carboxylic acids is 1. The molecule has 11 heteroatoms. The fourth-order valence-corrected chi connectivity index (χ4v) is 5.50. The number of benzene rings is 3. The molecule has 0 aliphatic carbocycles. The monoisotopic (exact) mass is 533 g/mol. The summed E-state index contributed by atoms with van der Waals surface area (Å²) in [4.78, 5) is 12.5. The maximum Gasteiger partial charge on any atom is 0.255 e. The second-order valence-corrected chi connectivity index (χ2v) is 10.3. The summed E-state index contributed by atoms with van der Waals surface area (Å²) in [5.74, 6) is 0.596. The minimum absolute atomic E-state index is 0.0142. The standard InChI is InChI=1S/C24H21Cl2N3O5S/c25-19-7-8-20(26)23(13-19)35(31,32)29(11-10-17-4-2-1-3-5-17)15-24(30)28-27-14-18-6-9-21-22(12-18)34-16-33-21/h1-9,12-14H,10-11,15-16H2,(H,28,30)/b27-14-. The number of hydrazone groups is 1. The van der Waals surface area contributed by atoms with Gasteiger partial charge in [-0.1, -0.05) is 53.5 Å². The predicted molar refractivity (Wildman–Crippen MR) is 134 cm³/mol. The van der Waals surface area contributed by atoms with Crippen LogP contribution >= 0.6 is 23.2 Å². The third-order valence-electron chi connectivity index (χ3n) is 5.12. The molecule has 1 amide bonds. The predicted octanol–water partition coefficient (Wildman–Crippen LogP) is 4.11. The third kappa shape index (κ3) is 6.32. The zero-order valence-electron chi connectivity index (χ0n) is 18.4. The molecule has 1 aliphatic rings. The first kappa shape index (κ1) is 25.0. The van der Waals surface area contributed by atoms with Crippen molar-refractivity contribution < 1.29 is 22.7 Å². The molecule has 3 aromatic carbocycles. The summed E-state index contributed by atoms with van der Waals surface area (Å²) in [6.45, 7) is -0.262. The molecular formula is C24H21Cl2N3O5S. The number of sulfonamides is 1. The lowest BCUT2D eigenvalue weighted by molar-refractivity contribution is -0.121. The van der Waals surface area contributed by atoms with Crippen LogP contribution in [0.4, 0.5) is 0 Å². The summed E-state index contributed by atoms with van der Waals surface area (Å²) in [5, 5.41) is 4.17. The summed E-state index contributed by atoms with van der Waals surface area (Å²) in [5.41, 5.74) is 3.97. The van der Waals surface area contributed by atoms with Crippen LogP contribution in [0.3, 0.4) is 0 Å². The Kier molecular flexibility index (Phi) is 7.92. The molecule has 0 fully saturated rings. The molecule has 3 aromatic rings. The number of carbonyl (C=O) groups is 1. The molecule has 182 valence electrons. The van der Waals surface area contributed by atoms with Crippen molar-refractivity contribution in [2.24, 2.45) is 5.10 Å². The van der Waals surface area contributed by atoms with E-state index in [1.54, 1.807) is 18.2 Å². The molecule has 0 radical (unpaired) electrons. The van der Waals surface area contributed by atoms with Gasteiger partial charge in [-0.25, -0.2) is 13.8 Å². The van der Waals surface area contributed by atoms with Gasteiger partial charge in [0.05, 0.1) is 17.8 Å². The lowest BCUT2D eigenvalue weighted by Crippen LogP contribution is -2.40. The van der Waals surface area contributed by atoms with Gasteiger partial charge in [-0.05, 0) is 53.9 Å². The van der Waals surface area contributed by atoms with Crippen molar-refractivity contribution in [3.8, 4) is 11.5 Å². The van der Waals surface area contributed by atoms with Crippen LogP contribution in [-0.4, -0.2) is 44.7 Å². The van der Waals surface area contributed by atoms with E-state index in [1.807, 2.05) is 30.3 Å². The normalized spacial score (nSPS) is 12.9. The molecule has 0 unspecified atom stereocenters. The van der Waals surface area contributed by atoms with Crippen LogP contribution in [0.2, 0.25) is 10.0 Å². The first-order chi connectivity index (χ1) is 16.8. The minimum Gasteiger partial charge on any atom is -0.454 e. The van der Waals surface area contributed by atoms with Crippen LogP contribution < -0.4 is 14.9 Å². The summed E-state index contributed by atoms with van der Waals surface area (Å²) >= 11 is 12.2. The number of nitrogens with one attached hydrogen (secondary N) is 1. The molecule has 0 bridgehead atoms. The van der Waals surface area contributed by atoms with E-state index < -0.39 is 22.5 Å². The highest BCUT2D eigenvalue weighted by molar-refractivity contribution is 7.89. The SMILES string of the molecule is O=C(CN(CCc1ccccc1)S(=O)(=O)c1cc(Cl)ccc1Cl)N/N=C\c1ccc2c(c1)OCO2. The van der Waals surface area contributed by atoms with Crippen LogP contribution in [-0.2, 0) is 21.2 Å². The van der Waals surface area contributed by atoms with Crippen LogP contribution in [0.25, 0.3) is 0 Å². The number of nitrogens with zero attached hydrogens (tertiary/aromatic N) is 2. The van der Waals surface area contributed by atoms with Gasteiger partial charge < -0.3 is 9.47 Å². The highest BCUT2D eigenvalue weighted by Gasteiger charge is 2.29. The number of ether oxygens (including phenoxy) is 2. The molecular weight excluding hydrogens is 513 g/mol. The maximum atomic E-state index is 13.4. The van der Waals surface area contributed by atoms with Crippen molar-refractivity contribution in [3.05, 3.63) is 87.9 Å². The van der Waals surface area contributed by atoms with E-state index in [4.69, 9.17) is 32.7 Å². The zero-order chi connectivity index (χ0) is 24.8. The van der Waals surface area contributed by atoms with E-state index in [1.165, 1.54) is 24.4 Å². The average Bonchev–Trinajstić information content (AvgIpc) is 3.32.